The fourth-order valence-corrected chi connectivity index (χ4v) is 4.08. The largest absolute Gasteiger partial charge is 0.481 e. The smallest absolute Gasteiger partial charge is 0.305 e. The Morgan fingerprint density at radius 1 is 1.27 bits per heavy atom. The maximum absolute atomic E-state index is 11.0. The van der Waals surface area contributed by atoms with Gasteiger partial charge < -0.3 is 5.11 Å². The summed E-state index contributed by atoms with van der Waals surface area (Å²) in [6, 6.07) is 0. The number of likely N-dealkylation sites (tertiary alicyclic amines) is 1. The molecule has 2 saturated heterocycles. The number of carbonyl (C=O) groups is 1. The van der Waals surface area contributed by atoms with Crippen LogP contribution in [0, 0.1) is 0 Å². The Hall–Kier alpha value is -0.220. The molecule has 2 heterocycles. The highest BCUT2D eigenvalue weighted by Gasteiger charge is 2.40. The molecule has 0 radical (unpaired) electrons. The first-order valence-electron chi connectivity index (χ1n) is 5.78. The van der Waals surface area contributed by atoms with Gasteiger partial charge in [-0.25, -0.2) is 0 Å². The molecule has 0 aromatic heterocycles. The number of hydrogen-bond donors (Lipinski definition) is 1. The van der Waals surface area contributed by atoms with E-state index in [2.05, 4.69) is 4.90 Å². The van der Waals surface area contributed by atoms with Crippen molar-refractivity contribution in [2.24, 2.45) is 0 Å². The molecule has 0 bridgehead atoms. The van der Waals surface area contributed by atoms with E-state index < -0.39 is 5.97 Å². The first-order valence-corrected chi connectivity index (χ1v) is 6.93. The van der Waals surface area contributed by atoms with E-state index in [0.29, 0.717) is 6.42 Å². The monoisotopic (exact) mass is 229 g/mol. The van der Waals surface area contributed by atoms with Crippen LogP contribution in [-0.4, -0.2) is 46.1 Å². The van der Waals surface area contributed by atoms with Gasteiger partial charge in [-0.2, -0.15) is 11.8 Å². The van der Waals surface area contributed by atoms with E-state index in [9.17, 15) is 4.79 Å². The Balaban J connectivity index is 2.08. The first-order chi connectivity index (χ1) is 7.23. The second kappa shape index (κ2) is 4.74. The van der Waals surface area contributed by atoms with Gasteiger partial charge in [0.05, 0.1) is 6.42 Å². The lowest BCUT2D eigenvalue weighted by molar-refractivity contribution is -0.140. The van der Waals surface area contributed by atoms with Gasteiger partial charge in [0.2, 0.25) is 0 Å². The van der Waals surface area contributed by atoms with Crippen molar-refractivity contribution in [1.82, 2.24) is 4.90 Å². The Kier molecular flexibility index (Phi) is 3.57. The maximum atomic E-state index is 11.0. The molecule has 4 heteroatoms. The fourth-order valence-electron chi connectivity index (χ4n) is 2.83. The third kappa shape index (κ3) is 2.48. The molecule has 0 aliphatic carbocycles. The van der Waals surface area contributed by atoms with Crippen LogP contribution >= 0.6 is 11.8 Å². The number of nitrogens with zero attached hydrogens (tertiary/aromatic N) is 1. The molecule has 2 aliphatic rings. The molecule has 0 atom stereocenters. The number of aliphatic carboxylic acids is 1. The third-order valence-electron chi connectivity index (χ3n) is 3.68. The highest BCUT2D eigenvalue weighted by Crippen LogP contribution is 2.37. The van der Waals surface area contributed by atoms with Crippen molar-refractivity contribution < 1.29 is 9.90 Å². The Bertz CT molecular complexity index is 233. The van der Waals surface area contributed by atoms with Crippen molar-refractivity contribution >= 4 is 17.7 Å². The van der Waals surface area contributed by atoms with Gasteiger partial charge in [0.1, 0.15) is 0 Å². The molecule has 2 aliphatic heterocycles. The van der Waals surface area contributed by atoms with Gasteiger partial charge in [-0.05, 0) is 50.3 Å². The highest BCUT2D eigenvalue weighted by atomic mass is 32.2. The molecule has 0 spiro atoms. The van der Waals surface area contributed by atoms with Gasteiger partial charge >= 0.3 is 5.97 Å². The maximum Gasteiger partial charge on any atom is 0.305 e. The van der Waals surface area contributed by atoms with Crippen LogP contribution in [0.2, 0.25) is 0 Å². The number of carboxylic acids is 1. The minimum Gasteiger partial charge on any atom is -0.481 e. The van der Waals surface area contributed by atoms with Crippen LogP contribution in [0.1, 0.15) is 32.1 Å². The van der Waals surface area contributed by atoms with Crippen molar-refractivity contribution in [3.05, 3.63) is 0 Å². The van der Waals surface area contributed by atoms with Crippen molar-refractivity contribution in [3.63, 3.8) is 0 Å². The zero-order valence-corrected chi connectivity index (χ0v) is 9.89. The summed E-state index contributed by atoms with van der Waals surface area (Å²) >= 11 is 1.96. The van der Waals surface area contributed by atoms with Gasteiger partial charge in [0.25, 0.3) is 0 Å². The average molecular weight is 229 g/mol. The predicted molar refractivity (Wildman–Crippen MR) is 62.3 cm³/mol. The van der Waals surface area contributed by atoms with E-state index in [1.54, 1.807) is 0 Å². The number of rotatable bonds is 3. The van der Waals surface area contributed by atoms with Crippen LogP contribution in [0.25, 0.3) is 0 Å². The summed E-state index contributed by atoms with van der Waals surface area (Å²) in [6.45, 7) is 2.22. The predicted octanol–water partition coefficient (Wildman–Crippen LogP) is 1.82. The minimum atomic E-state index is -0.631. The lowest BCUT2D eigenvalue weighted by Crippen LogP contribution is -2.51. The summed E-state index contributed by atoms with van der Waals surface area (Å²) in [7, 11) is 0. The van der Waals surface area contributed by atoms with Gasteiger partial charge in [-0.3, -0.25) is 9.69 Å². The minimum absolute atomic E-state index is 0.00637. The molecule has 3 nitrogen and oxygen atoms in total. The molecule has 0 aromatic rings. The quantitative estimate of drug-likeness (QED) is 0.801. The van der Waals surface area contributed by atoms with E-state index in [-0.39, 0.29) is 5.54 Å². The van der Waals surface area contributed by atoms with Gasteiger partial charge in [0, 0.05) is 5.54 Å². The lowest BCUT2D eigenvalue weighted by Gasteiger charge is -2.43. The molecular formula is C11H19NO2S. The molecule has 0 aromatic carbocycles. The summed E-state index contributed by atoms with van der Waals surface area (Å²) < 4.78 is 0. The van der Waals surface area contributed by atoms with Crippen LogP contribution in [0.4, 0.5) is 0 Å². The van der Waals surface area contributed by atoms with Gasteiger partial charge in [-0.15, -0.1) is 0 Å². The second-order valence-corrected chi connectivity index (χ2v) is 5.83. The summed E-state index contributed by atoms with van der Waals surface area (Å²) in [5.74, 6) is 1.63. The summed E-state index contributed by atoms with van der Waals surface area (Å²) in [6.07, 6.45) is 4.95. The van der Waals surface area contributed by atoms with Crippen molar-refractivity contribution in [1.29, 1.82) is 0 Å². The number of carboxylic acid groups (broad SMARTS) is 1. The number of thioether (sulfide) groups is 1. The normalized spacial score (nSPS) is 26.7. The molecule has 0 amide bonds. The topological polar surface area (TPSA) is 40.5 Å². The first kappa shape index (κ1) is 11.3. The van der Waals surface area contributed by atoms with E-state index in [0.717, 1.165) is 37.4 Å². The second-order valence-electron chi connectivity index (χ2n) is 4.60. The molecule has 15 heavy (non-hydrogen) atoms. The number of hydrogen-bond acceptors (Lipinski definition) is 3. The lowest BCUT2D eigenvalue weighted by atomic mass is 9.86. The molecule has 86 valence electrons. The van der Waals surface area contributed by atoms with Crippen LogP contribution in [-0.2, 0) is 4.79 Å². The van der Waals surface area contributed by atoms with E-state index in [1.165, 1.54) is 12.8 Å². The van der Waals surface area contributed by atoms with Crippen molar-refractivity contribution in [2.75, 3.05) is 24.6 Å². The molecule has 2 fully saturated rings. The Morgan fingerprint density at radius 3 is 2.40 bits per heavy atom. The Labute approximate surface area is 95.2 Å². The van der Waals surface area contributed by atoms with Crippen LogP contribution < -0.4 is 0 Å². The SMILES string of the molecule is O=C(O)CC1(N2CCCC2)CCSCC1. The van der Waals surface area contributed by atoms with Gasteiger partial charge in [0.15, 0.2) is 0 Å². The molecule has 2 rings (SSSR count). The average Bonchev–Trinajstić information content (AvgIpc) is 2.71. The van der Waals surface area contributed by atoms with E-state index in [1.807, 2.05) is 11.8 Å². The molecule has 0 unspecified atom stereocenters. The van der Waals surface area contributed by atoms with Crippen molar-refractivity contribution in [2.45, 2.75) is 37.6 Å². The summed E-state index contributed by atoms with van der Waals surface area (Å²) in [5, 5.41) is 9.06. The van der Waals surface area contributed by atoms with Crippen LogP contribution in [0.5, 0.6) is 0 Å². The molecular weight excluding hydrogens is 210 g/mol. The van der Waals surface area contributed by atoms with Gasteiger partial charge in [-0.1, -0.05) is 0 Å². The summed E-state index contributed by atoms with van der Waals surface area (Å²) in [4.78, 5) is 13.4. The zero-order valence-electron chi connectivity index (χ0n) is 9.07. The molecule has 0 saturated carbocycles. The summed E-state index contributed by atoms with van der Waals surface area (Å²) in [5.41, 5.74) is -0.00637. The van der Waals surface area contributed by atoms with E-state index in [4.69, 9.17) is 5.11 Å². The third-order valence-corrected chi connectivity index (χ3v) is 4.67. The van der Waals surface area contributed by atoms with Crippen molar-refractivity contribution in [3.8, 4) is 0 Å². The standard InChI is InChI=1S/C11H19NO2S/c13-10(14)9-11(3-7-15-8-4-11)12-5-1-2-6-12/h1-9H2,(H,13,14). The Morgan fingerprint density at radius 2 is 1.87 bits per heavy atom. The van der Waals surface area contributed by atoms with Crippen LogP contribution in [0.3, 0.4) is 0 Å². The molecule has 1 N–H and O–H groups in total. The van der Waals surface area contributed by atoms with E-state index >= 15 is 0 Å². The van der Waals surface area contributed by atoms with Crippen LogP contribution in [0.15, 0.2) is 0 Å². The zero-order chi connectivity index (χ0) is 10.7. The highest BCUT2D eigenvalue weighted by molar-refractivity contribution is 7.99. The fraction of sp³-hybridized carbons (Fsp3) is 0.909.